The van der Waals surface area contributed by atoms with Crippen LogP contribution in [0.25, 0.3) is 0 Å². The van der Waals surface area contributed by atoms with E-state index >= 15 is 0 Å². The number of carbonyl (C=O) groups is 1. The molecule has 3 rings (SSSR count). The van der Waals surface area contributed by atoms with E-state index in [1.54, 1.807) is 0 Å². The van der Waals surface area contributed by atoms with Crippen LogP contribution in [0.3, 0.4) is 0 Å². The number of amides is 1. The summed E-state index contributed by atoms with van der Waals surface area (Å²) < 4.78 is 0. The molecule has 5 heteroatoms. The highest BCUT2D eigenvalue weighted by Crippen LogP contribution is 2.03. The van der Waals surface area contributed by atoms with Crippen molar-refractivity contribution in [2.75, 3.05) is 65.4 Å². The normalized spacial score (nSPS) is 28.9. The average molecular weight is 240 g/mol. The number of hydrogen-bond donors (Lipinski definition) is 1. The average Bonchev–Trinajstić information content (AvgIpc) is 2.32. The van der Waals surface area contributed by atoms with E-state index in [1.807, 2.05) is 4.90 Å². The molecular weight excluding hydrogens is 216 g/mol. The molecule has 0 spiro atoms. The van der Waals surface area contributed by atoms with Crippen molar-refractivity contribution in [2.45, 2.75) is 6.92 Å². The minimum absolute atomic E-state index is 0.299. The number of carbonyl (C=O) groups excluding carboxylic acids is 1. The predicted octanol–water partition coefficient (Wildman–Crippen LogP) is -0.944. The van der Waals surface area contributed by atoms with Gasteiger partial charge in [0.05, 0.1) is 6.54 Å². The summed E-state index contributed by atoms with van der Waals surface area (Å²) in [7, 11) is 0. The molecule has 0 aliphatic carbocycles. The first-order valence-corrected chi connectivity index (χ1v) is 6.73. The van der Waals surface area contributed by atoms with E-state index in [4.69, 9.17) is 0 Å². The number of rotatable bonds is 1. The summed E-state index contributed by atoms with van der Waals surface area (Å²) in [6.07, 6.45) is 0. The number of hydrogen-bond acceptors (Lipinski definition) is 4. The van der Waals surface area contributed by atoms with Crippen molar-refractivity contribution >= 4 is 5.91 Å². The van der Waals surface area contributed by atoms with E-state index in [0.717, 1.165) is 58.9 Å². The fraction of sp³-hybridized carbons (Fsp3) is 0.917. The number of likely N-dealkylation sites (N-methyl/N-ethyl adjacent to an activating group) is 1. The minimum Gasteiger partial charge on any atom is -0.339 e. The highest BCUT2D eigenvalue weighted by Gasteiger charge is 2.23. The van der Waals surface area contributed by atoms with Gasteiger partial charge in [-0.1, -0.05) is 6.92 Å². The maximum Gasteiger partial charge on any atom is 0.236 e. The fourth-order valence-corrected chi connectivity index (χ4v) is 2.47. The van der Waals surface area contributed by atoms with Crippen LogP contribution in [0, 0.1) is 0 Å². The van der Waals surface area contributed by atoms with Crippen LogP contribution in [0.2, 0.25) is 0 Å². The summed E-state index contributed by atoms with van der Waals surface area (Å²) in [5, 5.41) is 3.46. The van der Waals surface area contributed by atoms with Crippen LogP contribution < -0.4 is 5.32 Å². The third-order valence-corrected chi connectivity index (χ3v) is 3.74. The molecule has 0 saturated carbocycles. The van der Waals surface area contributed by atoms with Crippen LogP contribution >= 0.6 is 0 Å². The van der Waals surface area contributed by atoms with E-state index in [-0.39, 0.29) is 0 Å². The Balaban J connectivity index is 1.93. The van der Waals surface area contributed by atoms with E-state index in [2.05, 4.69) is 22.0 Å². The minimum atomic E-state index is 0.299. The lowest BCUT2D eigenvalue weighted by Crippen LogP contribution is -2.54. The molecule has 3 fully saturated rings. The van der Waals surface area contributed by atoms with Gasteiger partial charge in [0.15, 0.2) is 0 Å². The number of nitrogens with one attached hydrogen (secondary N) is 1. The maximum absolute atomic E-state index is 11.9. The monoisotopic (exact) mass is 240 g/mol. The van der Waals surface area contributed by atoms with Crippen molar-refractivity contribution < 1.29 is 4.79 Å². The van der Waals surface area contributed by atoms with Gasteiger partial charge in [-0.3, -0.25) is 9.69 Å². The van der Waals surface area contributed by atoms with Gasteiger partial charge in [-0.05, 0) is 6.54 Å². The van der Waals surface area contributed by atoms with Crippen molar-refractivity contribution in [1.29, 1.82) is 0 Å². The van der Waals surface area contributed by atoms with Crippen molar-refractivity contribution in [1.82, 2.24) is 20.0 Å². The van der Waals surface area contributed by atoms with E-state index in [0.29, 0.717) is 12.5 Å². The third kappa shape index (κ3) is 3.66. The molecule has 3 aliphatic rings. The summed E-state index contributed by atoms with van der Waals surface area (Å²) in [4.78, 5) is 18.6. The van der Waals surface area contributed by atoms with Crippen molar-refractivity contribution in [3.05, 3.63) is 0 Å². The molecule has 1 atom stereocenters. The Morgan fingerprint density at radius 3 is 2.59 bits per heavy atom. The van der Waals surface area contributed by atoms with Crippen LogP contribution in [0.5, 0.6) is 0 Å². The smallest absolute Gasteiger partial charge is 0.236 e. The Morgan fingerprint density at radius 1 is 1.06 bits per heavy atom. The SMILES string of the molecule is CCN1CCNCCN2CCN(CC1)C(=O)C2. The maximum atomic E-state index is 11.9. The van der Waals surface area contributed by atoms with E-state index in [1.165, 1.54) is 0 Å². The van der Waals surface area contributed by atoms with Gasteiger partial charge >= 0.3 is 0 Å². The van der Waals surface area contributed by atoms with Gasteiger partial charge in [-0.25, -0.2) is 0 Å². The highest BCUT2D eigenvalue weighted by atomic mass is 16.2. The molecule has 0 radical (unpaired) electrons. The van der Waals surface area contributed by atoms with Crippen LogP contribution in [-0.2, 0) is 4.79 Å². The molecule has 3 heterocycles. The van der Waals surface area contributed by atoms with Crippen LogP contribution in [-0.4, -0.2) is 86.1 Å². The summed E-state index contributed by atoms with van der Waals surface area (Å²) in [5.74, 6) is 0.299. The van der Waals surface area contributed by atoms with Crippen molar-refractivity contribution in [3.63, 3.8) is 0 Å². The number of nitrogens with zero attached hydrogens (tertiary/aromatic N) is 3. The van der Waals surface area contributed by atoms with Crippen LogP contribution in [0.15, 0.2) is 0 Å². The molecule has 2 bridgehead atoms. The Kier molecular flexibility index (Phi) is 4.76. The molecule has 17 heavy (non-hydrogen) atoms. The molecule has 1 N–H and O–H groups in total. The van der Waals surface area contributed by atoms with Gasteiger partial charge in [0.25, 0.3) is 0 Å². The molecular formula is C12H24N4O. The molecule has 1 unspecified atom stereocenters. The molecule has 0 aromatic heterocycles. The standard InChI is InChI=1S/C12H24N4O/c1-2-14-5-3-13-4-6-15-8-10-16(9-7-14)12(17)11-15/h13H,2-11H2,1H3. The van der Waals surface area contributed by atoms with Gasteiger partial charge in [0, 0.05) is 52.4 Å². The zero-order valence-electron chi connectivity index (χ0n) is 10.8. The first-order valence-electron chi connectivity index (χ1n) is 6.73. The van der Waals surface area contributed by atoms with E-state index in [9.17, 15) is 4.79 Å². The number of piperazine rings is 1. The molecule has 1 amide bonds. The van der Waals surface area contributed by atoms with Crippen molar-refractivity contribution in [3.8, 4) is 0 Å². The summed E-state index contributed by atoms with van der Waals surface area (Å²) in [6, 6.07) is 0. The lowest BCUT2D eigenvalue weighted by atomic mass is 10.3. The predicted molar refractivity (Wildman–Crippen MR) is 68.0 cm³/mol. The molecule has 5 nitrogen and oxygen atoms in total. The summed E-state index contributed by atoms with van der Waals surface area (Å²) >= 11 is 0. The Hall–Kier alpha value is -0.650. The number of fused-ring (bicyclic) bond motifs is 9. The molecule has 0 aromatic rings. The van der Waals surface area contributed by atoms with Gasteiger partial charge in [0.1, 0.15) is 0 Å². The third-order valence-electron chi connectivity index (χ3n) is 3.74. The molecule has 98 valence electrons. The Bertz CT molecular complexity index is 257. The highest BCUT2D eigenvalue weighted by molar-refractivity contribution is 5.79. The topological polar surface area (TPSA) is 38.8 Å². The first-order chi connectivity index (χ1) is 8.29. The second-order valence-electron chi connectivity index (χ2n) is 4.84. The quantitative estimate of drug-likeness (QED) is 0.642. The lowest BCUT2D eigenvalue weighted by Gasteiger charge is -2.36. The van der Waals surface area contributed by atoms with Gasteiger partial charge in [0.2, 0.25) is 5.91 Å². The second kappa shape index (κ2) is 6.33. The van der Waals surface area contributed by atoms with Gasteiger partial charge in [-0.15, -0.1) is 0 Å². The van der Waals surface area contributed by atoms with Crippen molar-refractivity contribution in [2.24, 2.45) is 0 Å². The Morgan fingerprint density at radius 2 is 1.82 bits per heavy atom. The van der Waals surface area contributed by atoms with Gasteiger partial charge < -0.3 is 15.1 Å². The zero-order valence-corrected chi connectivity index (χ0v) is 10.8. The largest absolute Gasteiger partial charge is 0.339 e. The second-order valence-corrected chi connectivity index (χ2v) is 4.84. The zero-order chi connectivity index (χ0) is 12.1. The lowest BCUT2D eigenvalue weighted by molar-refractivity contribution is -0.136. The van der Waals surface area contributed by atoms with Gasteiger partial charge in [-0.2, -0.15) is 0 Å². The first kappa shape index (κ1) is 12.8. The van der Waals surface area contributed by atoms with E-state index < -0.39 is 0 Å². The molecule has 3 saturated heterocycles. The van der Waals surface area contributed by atoms with Crippen LogP contribution in [0.4, 0.5) is 0 Å². The molecule has 0 aromatic carbocycles. The summed E-state index contributed by atoms with van der Waals surface area (Å²) in [5.41, 5.74) is 0. The summed E-state index contributed by atoms with van der Waals surface area (Å²) in [6.45, 7) is 11.8. The molecule has 3 aliphatic heterocycles. The van der Waals surface area contributed by atoms with Crippen LogP contribution in [0.1, 0.15) is 6.92 Å². The fourth-order valence-electron chi connectivity index (χ4n) is 2.47. The Labute approximate surface area is 104 Å².